The summed E-state index contributed by atoms with van der Waals surface area (Å²) in [5.41, 5.74) is 2.23. The normalized spacial score (nSPS) is 13.6. The van der Waals surface area contributed by atoms with Crippen LogP contribution in [-0.2, 0) is 26.4 Å². The second-order valence-electron chi connectivity index (χ2n) is 9.33. The molecule has 7 nitrogen and oxygen atoms in total. The third-order valence-corrected chi connectivity index (χ3v) is 6.52. The molecule has 0 atom stereocenters. The number of benzene rings is 3. The molecule has 1 aliphatic rings. The Balaban J connectivity index is 1.35. The van der Waals surface area contributed by atoms with Crippen molar-refractivity contribution in [3.63, 3.8) is 0 Å². The lowest BCUT2D eigenvalue weighted by atomic mass is 9.96. The Bertz CT molecular complexity index is 1370. The van der Waals surface area contributed by atoms with Crippen LogP contribution in [0.3, 0.4) is 0 Å². The fourth-order valence-electron chi connectivity index (χ4n) is 4.36. The van der Waals surface area contributed by atoms with E-state index in [9.17, 15) is 14.4 Å². The van der Waals surface area contributed by atoms with Crippen LogP contribution < -0.4 is 16.0 Å². The molecule has 0 aromatic heterocycles. The maximum absolute atomic E-state index is 13.4. The van der Waals surface area contributed by atoms with Gasteiger partial charge in [-0.25, -0.2) is 4.79 Å². The molecule has 4 rings (SSSR count). The molecule has 3 aromatic rings. The summed E-state index contributed by atoms with van der Waals surface area (Å²) in [7, 11) is 0. The number of ether oxygens (including phenoxy) is 1. The smallest absolute Gasteiger partial charge is 0.330 e. The van der Waals surface area contributed by atoms with E-state index in [2.05, 4.69) is 46.8 Å². The van der Waals surface area contributed by atoms with Crippen LogP contribution in [0.4, 0.5) is 0 Å². The number of hydrogen-bond acceptors (Lipinski definition) is 5. The minimum absolute atomic E-state index is 0.150. The standard InChI is InChI=1S/C31H33N3O4/c1-3-20-38-28(35)16-9-19-32-29(36)22(2)33-21-24-11-5-7-14-26(24)30(37)34-31(17-18-31)27-15-8-12-23-10-4-6-13-25(23)27/h4-16,33H,2-3,17-21H2,1H3,(H,32,36)(H,34,37)/b16-9+. The molecule has 196 valence electrons. The van der Waals surface area contributed by atoms with Crippen LogP contribution >= 0.6 is 0 Å². The first-order valence-corrected chi connectivity index (χ1v) is 12.9. The van der Waals surface area contributed by atoms with E-state index in [-0.39, 0.29) is 30.2 Å². The Kier molecular flexibility index (Phi) is 8.58. The van der Waals surface area contributed by atoms with Crippen LogP contribution in [0.25, 0.3) is 10.8 Å². The zero-order valence-corrected chi connectivity index (χ0v) is 21.6. The molecule has 0 saturated heterocycles. The number of fused-ring (bicyclic) bond motifs is 1. The molecule has 2 amide bonds. The summed E-state index contributed by atoms with van der Waals surface area (Å²) in [5, 5.41) is 11.3. The van der Waals surface area contributed by atoms with Crippen molar-refractivity contribution < 1.29 is 19.1 Å². The van der Waals surface area contributed by atoms with Gasteiger partial charge in [-0.3, -0.25) is 9.59 Å². The zero-order chi connectivity index (χ0) is 27.0. The van der Waals surface area contributed by atoms with E-state index >= 15 is 0 Å². The molecule has 0 bridgehead atoms. The maximum Gasteiger partial charge on any atom is 0.330 e. The van der Waals surface area contributed by atoms with Crippen LogP contribution in [0.5, 0.6) is 0 Å². The van der Waals surface area contributed by atoms with Gasteiger partial charge < -0.3 is 20.7 Å². The van der Waals surface area contributed by atoms with E-state index in [4.69, 9.17) is 4.74 Å². The second-order valence-corrected chi connectivity index (χ2v) is 9.33. The monoisotopic (exact) mass is 511 g/mol. The van der Waals surface area contributed by atoms with Crippen LogP contribution in [-0.4, -0.2) is 30.9 Å². The lowest BCUT2D eigenvalue weighted by Gasteiger charge is -2.21. The van der Waals surface area contributed by atoms with Gasteiger partial charge in [0.25, 0.3) is 11.8 Å². The molecule has 0 unspecified atom stereocenters. The van der Waals surface area contributed by atoms with E-state index in [0.29, 0.717) is 12.2 Å². The Hall–Kier alpha value is -4.39. The largest absolute Gasteiger partial charge is 0.463 e. The maximum atomic E-state index is 13.4. The molecule has 3 aromatic carbocycles. The van der Waals surface area contributed by atoms with Crippen molar-refractivity contribution in [2.24, 2.45) is 0 Å². The summed E-state index contributed by atoms with van der Waals surface area (Å²) in [6.45, 7) is 6.49. The number of carbonyl (C=O) groups excluding carboxylic acids is 3. The van der Waals surface area contributed by atoms with Crippen molar-refractivity contribution >= 4 is 28.6 Å². The molecule has 0 aliphatic heterocycles. The molecule has 3 N–H and O–H groups in total. The number of esters is 1. The number of hydrogen-bond donors (Lipinski definition) is 3. The molecule has 0 radical (unpaired) electrons. The van der Waals surface area contributed by atoms with E-state index in [1.807, 2.05) is 43.3 Å². The molecule has 0 heterocycles. The predicted octanol–water partition coefficient (Wildman–Crippen LogP) is 4.49. The fraction of sp³-hybridized carbons (Fsp3) is 0.258. The first kappa shape index (κ1) is 26.7. The number of nitrogens with one attached hydrogen (secondary N) is 3. The summed E-state index contributed by atoms with van der Waals surface area (Å²) >= 11 is 0. The fourth-order valence-corrected chi connectivity index (χ4v) is 4.36. The van der Waals surface area contributed by atoms with Gasteiger partial charge in [-0.15, -0.1) is 0 Å². The summed E-state index contributed by atoms with van der Waals surface area (Å²) in [6, 6.07) is 21.8. The number of rotatable bonds is 12. The Labute approximate surface area is 223 Å². The van der Waals surface area contributed by atoms with Crippen LogP contribution in [0.2, 0.25) is 0 Å². The van der Waals surface area contributed by atoms with Crippen molar-refractivity contribution in [1.29, 1.82) is 0 Å². The first-order valence-electron chi connectivity index (χ1n) is 12.9. The van der Waals surface area contributed by atoms with E-state index in [1.165, 1.54) is 12.2 Å². The van der Waals surface area contributed by atoms with Gasteiger partial charge in [0.05, 0.1) is 17.8 Å². The molecular formula is C31H33N3O4. The minimum atomic E-state index is -0.443. The SMILES string of the molecule is C=C(NCc1ccccc1C(=O)NC1(c2cccc3ccccc23)CC1)C(=O)NC/C=C/C(=O)OCCC. The highest BCUT2D eigenvalue weighted by Gasteiger charge is 2.46. The van der Waals surface area contributed by atoms with E-state index < -0.39 is 11.9 Å². The lowest BCUT2D eigenvalue weighted by Crippen LogP contribution is -2.36. The van der Waals surface area contributed by atoms with E-state index in [1.54, 1.807) is 6.07 Å². The summed E-state index contributed by atoms with van der Waals surface area (Å²) < 4.78 is 4.94. The van der Waals surface area contributed by atoms with Gasteiger partial charge in [0.2, 0.25) is 0 Å². The Morgan fingerprint density at radius 2 is 1.71 bits per heavy atom. The van der Waals surface area contributed by atoms with E-state index in [0.717, 1.165) is 41.2 Å². The molecule has 0 spiro atoms. The summed E-state index contributed by atoms with van der Waals surface area (Å²) in [5.74, 6) is -0.990. The third-order valence-electron chi connectivity index (χ3n) is 6.52. The van der Waals surface area contributed by atoms with Crippen molar-refractivity contribution in [2.45, 2.75) is 38.3 Å². The average molecular weight is 512 g/mol. The van der Waals surface area contributed by atoms with Gasteiger partial charge >= 0.3 is 5.97 Å². The van der Waals surface area contributed by atoms with Crippen LogP contribution in [0.15, 0.2) is 91.2 Å². The minimum Gasteiger partial charge on any atom is -0.463 e. The second kappa shape index (κ2) is 12.2. The molecule has 38 heavy (non-hydrogen) atoms. The van der Waals surface area contributed by atoms with Crippen molar-refractivity contribution in [3.05, 3.63) is 108 Å². The van der Waals surface area contributed by atoms with Gasteiger partial charge in [0.1, 0.15) is 0 Å². The zero-order valence-electron chi connectivity index (χ0n) is 21.6. The molecular weight excluding hydrogens is 478 g/mol. The Morgan fingerprint density at radius 1 is 0.974 bits per heavy atom. The quantitative estimate of drug-likeness (QED) is 0.246. The van der Waals surface area contributed by atoms with Crippen LogP contribution in [0.1, 0.15) is 47.7 Å². The third kappa shape index (κ3) is 6.48. The molecule has 7 heteroatoms. The highest BCUT2D eigenvalue weighted by atomic mass is 16.5. The Morgan fingerprint density at radius 3 is 2.50 bits per heavy atom. The van der Waals surface area contributed by atoms with Crippen LogP contribution in [0, 0.1) is 0 Å². The first-order chi connectivity index (χ1) is 18.4. The highest BCUT2D eigenvalue weighted by molar-refractivity contribution is 5.97. The summed E-state index contributed by atoms with van der Waals surface area (Å²) in [6.07, 6.45) is 5.32. The molecule has 1 saturated carbocycles. The van der Waals surface area contributed by atoms with Gasteiger partial charge in [0, 0.05) is 24.7 Å². The molecule has 1 aliphatic carbocycles. The lowest BCUT2D eigenvalue weighted by molar-refractivity contribution is -0.137. The van der Waals surface area contributed by atoms with Crippen molar-refractivity contribution in [2.75, 3.05) is 13.2 Å². The average Bonchev–Trinajstić information content (AvgIpc) is 3.72. The van der Waals surface area contributed by atoms with Crippen molar-refractivity contribution in [3.8, 4) is 0 Å². The summed E-state index contributed by atoms with van der Waals surface area (Å²) in [4.78, 5) is 37.2. The van der Waals surface area contributed by atoms with Gasteiger partial charge in [-0.05, 0) is 47.2 Å². The van der Waals surface area contributed by atoms with Gasteiger partial charge in [0.15, 0.2) is 0 Å². The molecule has 1 fully saturated rings. The van der Waals surface area contributed by atoms with Gasteiger partial charge in [-0.2, -0.15) is 0 Å². The number of amides is 2. The topological polar surface area (TPSA) is 96.5 Å². The van der Waals surface area contributed by atoms with Gasteiger partial charge in [-0.1, -0.05) is 80.2 Å². The number of carbonyl (C=O) groups is 3. The van der Waals surface area contributed by atoms with Crippen molar-refractivity contribution in [1.82, 2.24) is 16.0 Å². The predicted molar refractivity (Wildman–Crippen MR) is 148 cm³/mol. The highest BCUT2D eigenvalue weighted by Crippen LogP contribution is 2.48.